The van der Waals surface area contributed by atoms with Crippen LogP contribution in [0.5, 0.6) is 5.75 Å². The third-order valence-electron chi connectivity index (χ3n) is 3.14. The van der Waals surface area contributed by atoms with E-state index in [-0.39, 0.29) is 12.1 Å². The summed E-state index contributed by atoms with van der Waals surface area (Å²) in [6.07, 6.45) is 1.26. The maximum absolute atomic E-state index is 5.85. The topological polar surface area (TPSA) is 21.3 Å². The Labute approximate surface area is 133 Å². The number of nitrogens with one attached hydrogen (secondary N) is 1. The Hall–Kier alpha value is -1.000. The van der Waals surface area contributed by atoms with Crippen molar-refractivity contribution in [3.05, 3.63) is 45.1 Å². The van der Waals surface area contributed by atoms with Crippen molar-refractivity contribution in [3.8, 4) is 5.75 Å². The summed E-state index contributed by atoms with van der Waals surface area (Å²) in [6.45, 7) is 6.38. The number of anilines is 1. The molecule has 0 aliphatic heterocycles. The van der Waals surface area contributed by atoms with Crippen LogP contribution in [0.1, 0.15) is 38.1 Å². The van der Waals surface area contributed by atoms with E-state index in [1.165, 1.54) is 4.88 Å². The standard InChI is InChI=1S/C16H20BrNOS/c1-4-11(2)19-15-7-5-6-14(9-15)18-12(3)16-8-13(17)10-20-16/h5-12,18H,4H2,1-3H3. The summed E-state index contributed by atoms with van der Waals surface area (Å²) in [5.74, 6) is 0.920. The summed E-state index contributed by atoms with van der Waals surface area (Å²) in [5.41, 5.74) is 1.09. The summed E-state index contributed by atoms with van der Waals surface area (Å²) in [5, 5.41) is 5.62. The minimum Gasteiger partial charge on any atom is -0.491 e. The van der Waals surface area contributed by atoms with E-state index in [1.54, 1.807) is 11.3 Å². The van der Waals surface area contributed by atoms with Gasteiger partial charge in [0.15, 0.2) is 0 Å². The van der Waals surface area contributed by atoms with E-state index < -0.39 is 0 Å². The second-order valence-electron chi connectivity index (χ2n) is 4.90. The van der Waals surface area contributed by atoms with Gasteiger partial charge in [-0.25, -0.2) is 0 Å². The van der Waals surface area contributed by atoms with Crippen LogP contribution in [-0.4, -0.2) is 6.10 Å². The van der Waals surface area contributed by atoms with Gasteiger partial charge in [0.25, 0.3) is 0 Å². The van der Waals surface area contributed by atoms with Crippen molar-refractivity contribution in [2.45, 2.75) is 39.3 Å². The van der Waals surface area contributed by atoms with Crippen molar-refractivity contribution >= 4 is 33.0 Å². The Morgan fingerprint density at radius 1 is 1.30 bits per heavy atom. The molecule has 1 aromatic carbocycles. The highest BCUT2D eigenvalue weighted by molar-refractivity contribution is 9.10. The second-order valence-corrected chi connectivity index (χ2v) is 6.76. The molecule has 1 N–H and O–H groups in total. The Kier molecular flexibility index (Phi) is 5.49. The number of thiophene rings is 1. The van der Waals surface area contributed by atoms with Gasteiger partial charge in [-0.05, 0) is 54.4 Å². The quantitative estimate of drug-likeness (QED) is 0.701. The van der Waals surface area contributed by atoms with E-state index in [1.807, 2.05) is 12.1 Å². The van der Waals surface area contributed by atoms with Crippen molar-refractivity contribution in [3.63, 3.8) is 0 Å². The average molecular weight is 354 g/mol. The Morgan fingerprint density at radius 3 is 2.75 bits per heavy atom. The number of halogens is 1. The summed E-state index contributed by atoms with van der Waals surface area (Å²) in [6, 6.07) is 10.6. The Morgan fingerprint density at radius 2 is 2.10 bits per heavy atom. The van der Waals surface area contributed by atoms with E-state index in [4.69, 9.17) is 4.74 Å². The number of hydrogen-bond acceptors (Lipinski definition) is 3. The number of ether oxygens (including phenoxy) is 1. The first-order chi connectivity index (χ1) is 9.58. The SMILES string of the molecule is CCC(C)Oc1cccc(NC(C)c2cc(Br)cs2)c1. The lowest BCUT2D eigenvalue weighted by Crippen LogP contribution is -2.10. The van der Waals surface area contributed by atoms with Crippen LogP contribution in [0.4, 0.5) is 5.69 Å². The maximum Gasteiger partial charge on any atom is 0.121 e. The number of rotatable bonds is 6. The van der Waals surface area contributed by atoms with Crippen LogP contribution >= 0.6 is 27.3 Å². The lowest BCUT2D eigenvalue weighted by atomic mass is 10.2. The molecular weight excluding hydrogens is 334 g/mol. The van der Waals surface area contributed by atoms with Crippen LogP contribution in [0.2, 0.25) is 0 Å². The highest BCUT2D eigenvalue weighted by atomic mass is 79.9. The van der Waals surface area contributed by atoms with E-state index in [0.717, 1.165) is 22.3 Å². The van der Waals surface area contributed by atoms with Gasteiger partial charge in [-0.2, -0.15) is 0 Å². The van der Waals surface area contributed by atoms with Crippen LogP contribution in [0.15, 0.2) is 40.2 Å². The van der Waals surface area contributed by atoms with Crippen molar-refractivity contribution < 1.29 is 4.74 Å². The molecule has 0 saturated heterocycles. The highest BCUT2D eigenvalue weighted by Gasteiger charge is 2.09. The molecule has 2 rings (SSSR count). The van der Waals surface area contributed by atoms with Gasteiger partial charge in [-0.15, -0.1) is 11.3 Å². The molecule has 108 valence electrons. The summed E-state index contributed by atoms with van der Waals surface area (Å²) in [7, 11) is 0. The van der Waals surface area contributed by atoms with Gasteiger partial charge in [0.1, 0.15) is 5.75 Å². The van der Waals surface area contributed by atoms with Gasteiger partial charge in [0.2, 0.25) is 0 Å². The molecular formula is C16H20BrNOS. The van der Waals surface area contributed by atoms with Crippen molar-refractivity contribution in [2.24, 2.45) is 0 Å². The zero-order chi connectivity index (χ0) is 14.5. The number of benzene rings is 1. The molecule has 1 aromatic heterocycles. The fourth-order valence-electron chi connectivity index (χ4n) is 1.85. The molecule has 0 amide bonds. The second kappa shape index (κ2) is 7.14. The predicted octanol–water partition coefficient (Wildman–Crippen LogP) is 5.86. The molecule has 0 bridgehead atoms. The van der Waals surface area contributed by atoms with Gasteiger partial charge >= 0.3 is 0 Å². The lowest BCUT2D eigenvalue weighted by Gasteiger charge is -2.16. The molecule has 0 aliphatic rings. The average Bonchev–Trinajstić information content (AvgIpc) is 2.86. The first kappa shape index (κ1) is 15.4. The van der Waals surface area contributed by atoms with Gasteiger partial charge in [0, 0.05) is 26.5 Å². The molecule has 1 heterocycles. The minimum absolute atomic E-state index is 0.246. The van der Waals surface area contributed by atoms with Crippen molar-refractivity contribution in [2.75, 3.05) is 5.32 Å². The molecule has 0 saturated carbocycles. The first-order valence-electron chi connectivity index (χ1n) is 6.85. The Bertz CT molecular complexity index is 555. The highest BCUT2D eigenvalue weighted by Crippen LogP contribution is 2.29. The van der Waals surface area contributed by atoms with Gasteiger partial charge in [0.05, 0.1) is 12.1 Å². The number of hydrogen-bond donors (Lipinski definition) is 1. The summed E-state index contributed by atoms with van der Waals surface area (Å²) < 4.78 is 6.99. The smallest absolute Gasteiger partial charge is 0.121 e. The maximum atomic E-state index is 5.85. The van der Waals surface area contributed by atoms with Gasteiger partial charge in [-0.3, -0.25) is 0 Å². The molecule has 0 aliphatic carbocycles. The zero-order valence-corrected chi connectivity index (χ0v) is 14.4. The van der Waals surface area contributed by atoms with Crippen molar-refractivity contribution in [1.29, 1.82) is 0 Å². The fraction of sp³-hybridized carbons (Fsp3) is 0.375. The molecule has 2 atom stereocenters. The van der Waals surface area contributed by atoms with E-state index in [0.29, 0.717) is 0 Å². The summed E-state index contributed by atoms with van der Waals surface area (Å²) >= 11 is 5.25. The molecule has 2 nitrogen and oxygen atoms in total. The van der Waals surface area contributed by atoms with Crippen LogP contribution < -0.4 is 10.1 Å². The van der Waals surface area contributed by atoms with Crippen LogP contribution in [0.25, 0.3) is 0 Å². The monoisotopic (exact) mass is 353 g/mol. The molecule has 0 radical (unpaired) electrons. The third kappa shape index (κ3) is 4.25. The Balaban J connectivity index is 2.04. The molecule has 0 fully saturated rings. The van der Waals surface area contributed by atoms with E-state index in [2.05, 4.69) is 65.6 Å². The first-order valence-corrected chi connectivity index (χ1v) is 8.53. The molecule has 20 heavy (non-hydrogen) atoms. The largest absolute Gasteiger partial charge is 0.491 e. The van der Waals surface area contributed by atoms with Crippen LogP contribution in [-0.2, 0) is 0 Å². The molecule has 2 unspecified atom stereocenters. The van der Waals surface area contributed by atoms with Gasteiger partial charge < -0.3 is 10.1 Å². The van der Waals surface area contributed by atoms with E-state index >= 15 is 0 Å². The van der Waals surface area contributed by atoms with Crippen molar-refractivity contribution in [1.82, 2.24) is 0 Å². The minimum atomic E-state index is 0.246. The predicted molar refractivity (Wildman–Crippen MR) is 90.9 cm³/mol. The normalized spacial score (nSPS) is 13.8. The van der Waals surface area contributed by atoms with E-state index in [9.17, 15) is 0 Å². The third-order valence-corrected chi connectivity index (χ3v) is 5.02. The van der Waals surface area contributed by atoms with Crippen LogP contribution in [0, 0.1) is 0 Å². The fourth-order valence-corrected chi connectivity index (χ4v) is 3.30. The molecule has 4 heteroatoms. The zero-order valence-electron chi connectivity index (χ0n) is 12.0. The van der Waals surface area contributed by atoms with Gasteiger partial charge in [-0.1, -0.05) is 13.0 Å². The summed E-state index contributed by atoms with van der Waals surface area (Å²) in [4.78, 5) is 1.31. The van der Waals surface area contributed by atoms with Crippen LogP contribution in [0.3, 0.4) is 0 Å². The molecule has 0 spiro atoms. The lowest BCUT2D eigenvalue weighted by molar-refractivity contribution is 0.217. The molecule has 2 aromatic rings.